The maximum atomic E-state index is 5.91. The number of pyridine rings is 1. The zero-order chi connectivity index (χ0) is 14.7. The van der Waals surface area contributed by atoms with E-state index >= 15 is 0 Å². The molecule has 0 spiro atoms. The number of nitrogens with zero attached hydrogens (tertiary/aromatic N) is 2. The number of rotatable bonds is 4. The van der Waals surface area contributed by atoms with Crippen molar-refractivity contribution in [3.8, 4) is 0 Å². The van der Waals surface area contributed by atoms with Crippen molar-refractivity contribution in [3.63, 3.8) is 0 Å². The molecule has 3 rings (SSSR count). The first kappa shape index (κ1) is 14.5. The fraction of sp³-hybridized carbons (Fsp3) is 0.438. The summed E-state index contributed by atoms with van der Waals surface area (Å²) >= 11 is 1.84. The van der Waals surface area contributed by atoms with Crippen LogP contribution in [-0.2, 0) is 11.3 Å². The molecule has 0 unspecified atom stereocenters. The molecule has 0 amide bonds. The Bertz CT molecular complexity index is 599. The standard InChI is InChI=1S/C16H21N3OS/c1-12-6-9-21-15(12)11-19-7-8-20-14(10-19)13-4-3-5-16(17-2)18-13/h3-6,9,14H,7-8,10-11H2,1-2H3,(H,17,18)/t14-/m0/s1. The van der Waals surface area contributed by atoms with Crippen molar-refractivity contribution in [1.29, 1.82) is 0 Å². The molecule has 2 aromatic rings. The molecule has 4 nitrogen and oxygen atoms in total. The SMILES string of the molecule is CNc1cccc([C@@H]2CN(Cc3sccc3C)CCO2)n1. The minimum atomic E-state index is 0.0623. The van der Waals surface area contributed by atoms with Crippen LogP contribution in [-0.4, -0.2) is 36.6 Å². The molecule has 0 saturated carbocycles. The van der Waals surface area contributed by atoms with Gasteiger partial charge in [0, 0.05) is 31.6 Å². The normalized spacial score (nSPS) is 19.6. The first-order chi connectivity index (χ1) is 10.3. The summed E-state index contributed by atoms with van der Waals surface area (Å²) in [6.07, 6.45) is 0.0623. The fourth-order valence-electron chi connectivity index (χ4n) is 2.56. The molecular weight excluding hydrogens is 282 g/mol. The van der Waals surface area contributed by atoms with E-state index in [2.05, 4.69) is 33.6 Å². The van der Waals surface area contributed by atoms with Crippen molar-refractivity contribution in [2.45, 2.75) is 19.6 Å². The van der Waals surface area contributed by atoms with Crippen molar-refractivity contribution >= 4 is 17.2 Å². The second-order valence-corrected chi connectivity index (χ2v) is 6.32. The highest BCUT2D eigenvalue weighted by Gasteiger charge is 2.23. The average Bonchev–Trinajstić information content (AvgIpc) is 2.93. The number of hydrogen-bond acceptors (Lipinski definition) is 5. The molecule has 0 bridgehead atoms. The Morgan fingerprint density at radius 3 is 3.10 bits per heavy atom. The van der Waals surface area contributed by atoms with Crippen LogP contribution < -0.4 is 5.32 Å². The van der Waals surface area contributed by atoms with Crippen LogP contribution in [0.4, 0.5) is 5.82 Å². The summed E-state index contributed by atoms with van der Waals surface area (Å²) in [7, 11) is 1.89. The lowest BCUT2D eigenvalue weighted by Gasteiger charge is -2.32. The molecule has 112 valence electrons. The van der Waals surface area contributed by atoms with E-state index in [1.165, 1.54) is 10.4 Å². The van der Waals surface area contributed by atoms with Gasteiger partial charge in [0.15, 0.2) is 0 Å². The molecule has 1 saturated heterocycles. The maximum absolute atomic E-state index is 5.91. The molecular formula is C16H21N3OS. The summed E-state index contributed by atoms with van der Waals surface area (Å²) in [4.78, 5) is 8.51. The van der Waals surface area contributed by atoms with Crippen LogP contribution in [0.1, 0.15) is 22.2 Å². The summed E-state index contributed by atoms with van der Waals surface area (Å²) in [5.74, 6) is 0.891. The molecule has 2 aromatic heterocycles. The van der Waals surface area contributed by atoms with Crippen LogP contribution in [0.5, 0.6) is 0 Å². The van der Waals surface area contributed by atoms with E-state index in [4.69, 9.17) is 4.74 Å². The highest BCUT2D eigenvalue weighted by Crippen LogP contribution is 2.25. The number of morpholine rings is 1. The topological polar surface area (TPSA) is 37.4 Å². The Kier molecular flexibility index (Phi) is 4.53. The molecule has 1 aliphatic heterocycles. The van der Waals surface area contributed by atoms with Crippen molar-refractivity contribution in [3.05, 3.63) is 45.8 Å². The van der Waals surface area contributed by atoms with E-state index in [1.807, 2.05) is 36.6 Å². The van der Waals surface area contributed by atoms with E-state index in [0.717, 1.165) is 37.8 Å². The first-order valence-corrected chi connectivity index (χ1v) is 8.16. The molecule has 1 N–H and O–H groups in total. The van der Waals surface area contributed by atoms with Crippen molar-refractivity contribution in [2.24, 2.45) is 0 Å². The number of aromatic nitrogens is 1. The van der Waals surface area contributed by atoms with Crippen LogP contribution in [0, 0.1) is 6.92 Å². The Labute approximate surface area is 129 Å². The van der Waals surface area contributed by atoms with Crippen molar-refractivity contribution in [1.82, 2.24) is 9.88 Å². The second kappa shape index (κ2) is 6.56. The van der Waals surface area contributed by atoms with Crippen molar-refractivity contribution < 1.29 is 4.74 Å². The van der Waals surface area contributed by atoms with E-state index in [9.17, 15) is 0 Å². The lowest BCUT2D eigenvalue weighted by Crippen LogP contribution is -2.38. The van der Waals surface area contributed by atoms with Gasteiger partial charge in [-0.05, 0) is 36.1 Å². The van der Waals surface area contributed by atoms with Gasteiger partial charge >= 0.3 is 0 Å². The Balaban J connectivity index is 1.69. The van der Waals surface area contributed by atoms with Crippen LogP contribution in [0.25, 0.3) is 0 Å². The van der Waals surface area contributed by atoms with Gasteiger partial charge in [0.25, 0.3) is 0 Å². The second-order valence-electron chi connectivity index (χ2n) is 5.32. The van der Waals surface area contributed by atoms with Gasteiger partial charge in [-0.25, -0.2) is 4.98 Å². The van der Waals surface area contributed by atoms with E-state index in [0.29, 0.717) is 0 Å². The monoisotopic (exact) mass is 303 g/mol. The highest BCUT2D eigenvalue weighted by atomic mass is 32.1. The number of nitrogens with one attached hydrogen (secondary N) is 1. The fourth-order valence-corrected chi connectivity index (χ4v) is 3.51. The van der Waals surface area contributed by atoms with Gasteiger partial charge in [-0.1, -0.05) is 6.07 Å². The molecule has 3 heterocycles. The Morgan fingerprint density at radius 1 is 1.43 bits per heavy atom. The zero-order valence-electron chi connectivity index (χ0n) is 12.5. The largest absolute Gasteiger partial charge is 0.373 e. The van der Waals surface area contributed by atoms with Crippen LogP contribution in [0.15, 0.2) is 29.6 Å². The molecule has 1 fully saturated rings. The number of ether oxygens (including phenoxy) is 1. The van der Waals surface area contributed by atoms with Gasteiger partial charge in [-0.3, -0.25) is 4.90 Å². The minimum Gasteiger partial charge on any atom is -0.373 e. The van der Waals surface area contributed by atoms with E-state index < -0.39 is 0 Å². The zero-order valence-corrected chi connectivity index (χ0v) is 13.3. The van der Waals surface area contributed by atoms with Gasteiger partial charge in [0.05, 0.1) is 12.3 Å². The summed E-state index contributed by atoms with van der Waals surface area (Å²) < 4.78 is 5.91. The Morgan fingerprint density at radius 2 is 2.33 bits per heavy atom. The van der Waals surface area contributed by atoms with Crippen molar-refractivity contribution in [2.75, 3.05) is 32.1 Å². The molecule has 21 heavy (non-hydrogen) atoms. The third-order valence-corrected chi connectivity index (χ3v) is 4.85. The van der Waals surface area contributed by atoms with E-state index in [-0.39, 0.29) is 6.10 Å². The summed E-state index contributed by atoms with van der Waals surface area (Å²) in [5.41, 5.74) is 2.40. The molecule has 0 aromatic carbocycles. The summed E-state index contributed by atoms with van der Waals surface area (Å²) in [6, 6.07) is 8.24. The van der Waals surface area contributed by atoms with E-state index in [1.54, 1.807) is 0 Å². The molecule has 5 heteroatoms. The van der Waals surface area contributed by atoms with Gasteiger partial charge in [0.1, 0.15) is 11.9 Å². The van der Waals surface area contributed by atoms with Crippen LogP contribution in [0.2, 0.25) is 0 Å². The summed E-state index contributed by atoms with van der Waals surface area (Å²) in [6.45, 7) is 5.84. The molecule has 1 atom stereocenters. The summed E-state index contributed by atoms with van der Waals surface area (Å²) in [5, 5.41) is 5.25. The number of thiophene rings is 1. The van der Waals surface area contributed by atoms with Crippen LogP contribution in [0.3, 0.4) is 0 Å². The van der Waals surface area contributed by atoms with Crippen LogP contribution >= 0.6 is 11.3 Å². The number of hydrogen-bond donors (Lipinski definition) is 1. The minimum absolute atomic E-state index is 0.0623. The lowest BCUT2D eigenvalue weighted by molar-refractivity contribution is -0.0346. The lowest BCUT2D eigenvalue weighted by atomic mass is 10.1. The average molecular weight is 303 g/mol. The quantitative estimate of drug-likeness (QED) is 0.942. The first-order valence-electron chi connectivity index (χ1n) is 7.28. The third-order valence-electron chi connectivity index (χ3n) is 3.84. The smallest absolute Gasteiger partial charge is 0.126 e. The predicted octanol–water partition coefficient (Wildman–Crippen LogP) is 3.07. The molecule has 1 aliphatic rings. The van der Waals surface area contributed by atoms with Gasteiger partial charge in [-0.15, -0.1) is 11.3 Å². The number of aryl methyl sites for hydroxylation is 1. The third kappa shape index (κ3) is 3.43. The molecule has 0 radical (unpaired) electrons. The number of anilines is 1. The molecule has 0 aliphatic carbocycles. The van der Waals surface area contributed by atoms with Gasteiger partial charge in [-0.2, -0.15) is 0 Å². The predicted molar refractivity (Wildman–Crippen MR) is 86.8 cm³/mol. The Hall–Kier alpha value is -1.43. The maximum Gasteiger partial charge on any atom is 0.126 e. The van der Waals surface area contributed by atoms with Gasteiger partial charge < -0.3 is 10.1 Å². The van der Waals surface area contributed by atoms with Gasteiger partial charge in [0.2, 0.25) is 0 Å². The highest BCUT2D eigenvalue weighted by molar-refractivity contribution is 7.10.